The van der Waals surface area contributed by atoms with Crippen LogP contribution in [-0.2, 0) is 6.54 Å². The molecule has 2 rings (SSSR count). The van der Waals surface area contributed by atoms with Gasteiger partial charge in [0.15, 0.2) is 0 Å². The minimum atomic E-state index is -0.00614. The molecule has 1 unspecified atom stereocenters. The van der Waals surface area contributed by atoms with Crippen molar-refractivity contribution in [1.82, 2.24) is 15.3 Å². The first kappa shape index (κ1) is 11.0. The Morgan fingerprint density at radius 2 is 2.25 bits per heavy atom. The van der Waals surface area contributed by atoms with Gasteiger partial charge in [-0.2, -0.15) is 0 Å². The van der Waals surface area contributed by atoms with E-state index in [9.17, 15) is 4.79 Å². The number of H-pyrrole nitrogens is 1. The fraction of sp³-hybridized carbons (Fsp3) is 0.273. The Kier molecular flexibility index (Phi) is 3.48. The summed E-state index contributed by atoms with van der Waals surface area (Å²) in [6.45, 7) is 2.75. The van der Waals surface area contributed by atoms with Gasteiger partial charge in [-0.15, -0.1) is 0 Å². The number of nitrogens with one attached hydrogen (secondary N) is 2. The van der Waals surface area contributed by atoms with Crippen LogP contribution in [0.15, 0.2) is 34.7 Å². The number of thiazole rings is 1. The SMILES string of the molecule is CC(NCc1csc(=O)[nH]1)c1ccncc1. The quantitative estimate of drug-likeness (QED) is 0.847. The van der Waals surface area contributed by atoms with E-state index >= 15 is 0 Å². The third-order valence-corrected chi connectivity index (χ3v) is 3.09. The Bertz CT molecular complexity index is 491. The van der Waals surface area contributed by atoms with E-state index in [1.54, 1.807) is 12.4 Å². The molecular formula is C11H13N3OS. The topological polar surface area (TPSA) is 57.8 Å². The smallest absolute Gasteiger partial charge is 0.304 e. The number of nitrogens with zero attached hydrogens (tertiary/aromatic N) is 1. The van der Waals surface area contributed by atoms with Crippen LogP contribution in [0.2, 0.25) is 0 Å². The molecule has 2 heterocycles. The molecule has 2 N–H and O–H groups in total. The standard InChI is InChI=1S/C11H13N3OS/c1-8(9-2-4-12-5-3-9)13-6-10-7-16-11(15)14-10/h2-5,7-8,13H,6H2,1H3,(H,14,15). The largest absolute Gasteiger partial charge is 0.315 e. The molecule has 0 amide bonds. The maximum atomic E-state index is 10.9. The third-order valence-electron chi connectivity index (χ3n) is 2.38. The maximum Gasteiger partial charge on any atom is 0.304 e. The van der Waals surface area contributed by atoms with Crippen LogP contribution in [0, 0.1) is 0 Å². The van der Waals surface area contributed by atoms with Gasteiger partial charge in [0.05, 0.1) is 0 Å². The lowest BCUT2D eigenvalue weighted by Gasteiger charge is -2.12. The highest BCUT2D eigenvalue weighted by molar-refractivity contribution is 7.07. The molecule has 84 valence electrons. The van der Waals surface area contributed by atoms with Crippen LogP contribution in [0.3, 0.4) is 0 Å². The summed E-state index contributed by atoms with van der Waals surface area (Å²) < 4.78 is 0. The molecule has 0 aromatic carbocycles. The predicted molar refractivity (Wildman–Crippen MR) is 64.4 cm³/mol. The molecule has 5 heteroatoms. The molecule has 16 heavy (non-hydrogen) atoms. The number of pyridine rings is 1. The van der Waals surface area contributed by atoms with Crippen LogP contribution in [0.5, 0.6) is 0 Å². The van der Waals surface area contributed by atoms with Gasteiger partial charge in [0.25, 0.3) is 0 Å². The van der Waals surface area contributed by atoms with Gasteiger partial charge in [0.1, 0.15) is 0 Å². The molecule has 2 aromatic rings. The van der Waals surface area contributed by atoms with Crippen molar-refractivity contribution in [3.63, 3.8) is 0 Å². The number of rotatable bonds is 4. The second kappa shape index (κ2) is 5.05. The average Bonchev–Trinajstić information content (AvgIpc) is 2.73. The normalized spacial score (nSPS) is 12.6. The summed E-state index contributed by atoms with van der Waals surface area (Å²) in [6, 6.07) is 4.20. The number of hydrogen-bond donors (Lipinski definition) is 2. The fourth-order valence-electron chi connectivity index (χ4n) is 1.43. The summed E-state index contributed by atoms with van der Waals surface area (Å²) in [5, 5.41) is 5.18. The Hall–Kier alpha value is -1.46. The lowest BCUT2D eigenvalue weighted by molar-refractivity contribution is 0.568. The monoisotopic (exact) mass is 235 g/mol. The van der Waals surface area contributed by atoms with E-state index < -0.39 is 0 Å². The van der Waals surface area contributed by atoms with Crippen molar-refractivity contribution < 1.29 is 0 Å². The fourth-order valence-corrected chi connectivity index (χ4v) is 2.02. The van der Waals surface area contributed by atoms with Crippen LogP contribution in [0.25, 0.3) is 0 Å². The van der Waals surface area contributed by atoms with Crippen molar-refractivity contribution in [1.29, 1.82) is 0 Å². The van der Waals surface area contributed by atoms with E-state index in [1.807, 2.05) is 17.5 Å². The molecule has 0 saturated carbocycles. The number of hydrogen-bond acceptors (Lipinski definition) is 4. The highest BCUT2D eigenvalue weighted by Gasteiger charge is 2.04. The van der Waals surface area contributed by atoms with Gasteiger partial charge in [0.2, 0.25) is 0 Å². The van der Waals surface area contributed by atoms with E-state index in [4.69, 9.17) is 0 Å². The van der Waals surface area contributed by atoms with E-state index in [0.29, 0.717) is 6.54 Å². The molecule has 2 aromatic heterocycles. The van der Waals surface area contributed by atoms with Gasteiger partial charge in [-0.3, -0.25) is 9.78 Å². The van der Waals surface area contributed by atoms with Crippen LogP contribution >= 0.6 is 11.3 Å². The van der Waals surface area contributed by atoms with Gasteiger partial charge in [0, 0.05) is 36.1 Å². The number of aromatic nitrogens is 2. The minimum Gasteiger partial charge on any atom is -0.315 e. The van der Waals surface area contributed by atoms with E-state index in [2.05, 4.69) is 22.2 Å². The molecule has 0 fully saturated rings. The van der Waals surface area contributed by atoms with Crippen molar-refractivity contribution in [3.05, 3.63) is 50.8 Å². The van der Waals surface area contributed by atoms with Gasteiger partial charge >= 0.3 is 4.87 Å². The van der Waals surface area contributed by atoms with Crippen molar-refractivity contribution in [2.45, 2.75) is 19.5 Å². The zero-order chi connectivity index (χ0) is 11.4. The summed E-state index contributed by atoms with van der Waals surface area (Å²) in [7, 11) is 0. The molecule has 0 radical (unpaired) electrons. The first-order valence-electron chi connectivity index (χ1n) is 5.05. The zero-order valence-corrected chi connectivity index (χ0v) is 9.75. The van der Waals surface area contributed by atoms with Crippen LogP contribution in [0.4, 0.5) is 0 Å². The van der Waals surface area contributed by atoms with E-state index in [-0.39, 0.29) is 10.9 Å². The van der Waals surface area contributed by atoms with Gasteiger partial charge < -0.3 is 10.3 Å². The second-order valence-corrected chi connectivity index (χ2v) is 4.40. The Morgan fingerprint density at radius 1 is 1.50 bits per heavy atom. The average molecular weight is 235 g/mol. The van der Waals surface area contributed by atoms with E-state index in [1.165, 1.54) is 16.9 Å². The number of aromatic amines is 1. The van der Waals surface area contributed by atoms with Crippen molar-refractivity contribution in [3.8, 4) is 0 Å². The second-order valence-electron chi connectivity index (χ2n) is 3.56. The van der Waals surface area contributed by atoms with Crippen molar-refractivity contribution in [2.24, 2.45) is 0 Å². The highest BCUT2D eigenvalue weighted by Crippen LogP contribution is 2.10. The van der Waals surface area contributed by atoms with Crippen molar-refractivity contribution >= 4 is 11.3 Å². The molecule has 1 atom stereocenters. The first-order valence-corrected chi connectivity index (χ1v) is 5.93. The van der Waals surface area contributed by atoms with Crippen LogP contribution in [-0.4, -0.2) is 9.97 Å². The Labute approximate surface area is 97.4 Å². The van der Waals surface area contributed by atoms with Gasteiger partial charge in [-0.05, 0) is 24.6 Å². The summed E-state index contributed by atoms with van der Waals surface area (Å²) in [4.78, 5) is 17.7. The molecule has 0 saturated heterocycles. The molecule has 0 aliphatic rings. The molecule has 4 nitrogen and oxygen atoms in total. The van der Waals surface area contributed by atoms with Gasteiger partial charge in [-0.1, -0.05) is 11.3 Å². The predicted octanol–water partition coefficient (Wildman–Crippen LogP) is 1.68. The maximum absolute atomic E-state index is 10.9. The van der Waals surface area contributed by atoms with Crippen LogP contribution < -0.4 is 10.2 Å². The lowest BCUT2D eigenvalue weighted by Crippen LogP contribution is -2.18. The summed E-state index contributed by atoms with van der Waals surface area (Å²) in [6.07, 6.45) is 3.56. The Balaban J connectivity index is 1.94. The van der Waals surface area contributed by atoms with Crippen molar-refractivity contribution in [2.75, 3.05) is 0 Å². The molecule has 0 aliphatic carbocycles. The molecular weight excluding hydrogens is 222 g/mol. The zero-order valence-electron chi connectivity index (χ0n) is 8.93. The highest BCUT2D eigenvalue weighted by atomic mass is 32.1. The minimum absolute atomic E-state index is 0.00614. The summed E-state index contributed by atoms with van der Waals surface area (Å²) in [5.74, 6) is 0. The Morgan fingerprint density at radius 3 is 2.88 bits per heavy atom. The first-order chi connectivity index (χ1) is 7.75. The lowest BCUT2D eigenvalue weighted by atomic mass is 10.1. The summed E-state index contributed by atoms with van der Waals surface area (Å²) in [5.41, 5.74) is 2.11. The van der Waals surface area contributed by atoms with E-state index in [0.717, 1.165) is 5.69 Å². The third kappa shape index (κ3) is 2.77. The molecule has 0 bridgehead atoms. The summed E-state index contributed by atoms with van der Waals surface area (Å²) >= 11 is 1.19. The van der Waals surface area contributed by atoms with Gasteiger partial charge in [-0.25, -0.2) is 0 Å². The molecule has 0 aliphatic heterocycles. The molecule has 0 spiro atoms. The van der Waals surface area contributed by atoms with Crippen LogP contribution in [0.1, 0.15) is 24.2 Å².